The summed E-state index contributed by atoms with van der Waals surface area (Å²) in [6.45, 7) is -0.114. The lowest BCUT2D eigenvalue weighted by atomic mass is 10.1. The van der Waals surface area contributed by atoms with Crippen molar-refractivity contribution in [1.29, 1.82) is 0 Å². The molecule has 3 rings (SSSR count). The fraction of sp³-hybridized carbons (Fsp3) is 0.435. The van der Waals surface area contributed by atoms with Gasteiger partial charge in [0, 0.05) is 19.0 Å². The summed E-state index contributed by atoms with van der Waals surface area (Å²) < 4.78 is 67.4. The van der Waals surface area contributed by atoms with Gasteiger partial charge in [-0.05, 0) is 49.6 Å². The number of nitrogens with one attached hydrogen (secondary N) is 2. The number of fused-ring (bicyclic) bond motifs is 1. The molecular formula is C23H28F2N2O6S. The minimum absolute atomic E-state index is 0.0345. The molecule has 0 saturated heterocycles. The average Bonchev–Trinajstić information content (AvgIpc) is 2.80. The molecule has 2 aromatic carbocycles. The zero-order chi connectivity index (χ0) is 24.6. The summed E-state index contributed by atoms with van der Waals surface area (Å²) in [5.41, 5.74) is 0.653. The number of hydrogen-bond donors (Lipinski definition) is 2. The monoisotopic (exact) mass is 498 g/mol. The van der Waals surface area contributed by atoms with Crippen LogP contribution in [-0.2, 0) is 14.8 Å². The van der Waals surface area contributed by atoms with Crippen molar-refractivity contribution >= 4 is 15.9 Å². The van der Waals surface area contributed by atoms with Crippen LogP contribution in [-0.4, -0.2) is 40.7 Å². The highest BCUT2D eigenvalue weighted by Crippen LogP contribution is 2.32. The van der Waals surface area contributed by atoms with Crippen molar-refractivity contribution in [1.82, 2.24) is 10.0 Å². The Kier molecular flexibility index (Phi) is 9.05. The molecule has 0 spiro atoms. The topological polar surface area (TPSA) is 103 Å². The number of hydrogen-bond acceptors (Lipinski definition) is 6. The number of amides is 1. The van der Waals surface area contributed by atoms with Gasteiger partial charge in [0.05, 0.1) is 10.9 Å². The van der Waals surface area contributed by atoms with E-state index in [-0.39, 0.29) is 35.6 Å². The van der Waals surface area contributed by atoms with Crippen molar-refractivity contribution in [3.8, 4) is 17.2 Å². The van der Waals surface area contributed by atoms with E-state index in [4.69, 9.17) is 9.47 Å². The van der Waals surface area contributed by atoms with Gasteiger partial charge in [-0.3, -0.25) is 4.79 Å². The number of ether oxygens (including phenoxy) is 3. The third-order valence-electron chi connectivity index (χ3n) is 5.16. The molecule has 8 nitrogen and oxygen atoms in total. The molecule has 34 heavy (non-hydrogen) atoms. The molecular weight excluding hydrogens is 470 g/mol. The largest absolute Gasteiger partial charge is 0.486 e. The summed E-state index contributed by atoms with van der Waals surface area (Å²) >= 11 is 0. The van der Waals surface area contributed by atoms with Crippen molar-refractivity contribution in [3.63, 3.8) is 0 Å². The standard InChI is InChI=1S/C23H28F2N2O6S/c1-16(17-6-5-7-18(14-17)33-23(24)25)27-22(28)8-3-2-4-11-26-34(29,30)19-9-10-20-21(15-19)32-13-12-31-20/h5-7,9-10,14-16,23,26H,2-4,8,11-13H2,1H3,(H,27,28). The predicted octanol–water partition coefficient (Wildman–Crippen LogP) is 3.78. The number of carbonyl (C=O) groups excluding carboxylic acids is 1. The first-order chi connectivity index (χ1) is 16.2. The smallest absolute Gasteiger partial charge is 0.387 e. The Morgan fingerprint density at radius 3 is 2.59 bits per heavy atom. The molecule has 1 aliphatic rings. The molecule has 0 radical (unpaired) electrons. The second-order valence-corrected chi connectivity index (χ2v) is 9.52. The van der Waals surface area contributed by atoms with Crippen LogP contribution in [0.4, 0.5) is 8.78 Å². The average molecular weight is 499 g/mol. The fourth-order valence-electron chi connectivity index (χ4n) is 3.43. The second kappa shape index (κ2) is 12.0. The molecule has 186 valence electrons. The SMILES string of the molecule is CC(NC(=O)CCCCCNS(=O)(=O)c1ccc2c(c1)OCCO2)c1cccc(OC(F)F)c1. The van der Waals surface area contributed by atoms with Crippen LogP contribution in [0.5, 0.6) is 17.2 Å². The van der Waals surface area contributed by atoms with Crippen LogP contribution in [0.1, 0.15) is 44.2 Å². The van der Waals surface area contributed by atoms with E-state index in [9.17, 15) is 22.0 Å². The number of alkyl halides is 2. The van der Waals surface area contributed by atoms with Crippen LogP contribution in [0.25, 0.3) is 0 Å². The summed E-state index contributed by atoms with van der Waals surface area (Å²) in [4.78, 5) is 12.3. The maximum absolute atomic E-state index is 12.5. The van der Waals surface area contributed by atoms with E-state index in [2.05, 4.69) is 14.8 Å². The van der Waals surface area contributed by atoms with Crippen LogP contribution in [0.15, 0.2) is 47.4 Å². The highest BCUT2D eigenvalue weighted by Gasteiger charge is 2.19. The van der Waals surface area contributed by atoms with Crippen molar-refractivity contribution in [2.24, 2.45) is 0 Å². The third kappa shape index (κ3) is 7.56. The molecule has 0 saturated carbocycles. The van der Waals surface area contributed by atoms with Gasteiger partial charge in [0.25, 0.3) is 0 Å². The van der Waals surface area contributed by atoms with E-state index in [1.54, 1.807) is 25.1 Å². The lowest BCUT2D eigenvalue weighted by Crippen LogP contribution is -2.27. The van der Waals surface area contributed by atoms with E-state index < -0.39 is 16.6 Å². The van der Waals surface area contributed by atoms with Gasteiger partial charge >= 0.3 is 6.61 Å². The molecule has 1 aliphatic heterocycles. The molecule has 1 amide bonds. The molecule has 2 aromatic rings. The maximum Gasteiger partial charge on any atom is 0.387 e. The normalized spacial score (nSPS) is 14.0. The Labute approximate surface area is 197 Å². The first-order valence-corrected chi connectivity index (χ1v) is 12.5. The molecule has 2 N–H and O–H groups in total. The van der Waals surface area contributed by atoms with Crippen LogP contribution in [0.2, 0.25) is 0 Å². The molecule has 11 heteroatoms. The number of halogens is 2. The van der Waals surface area contributed by atoms with Gasteiger partial charge in [0.15, 0.2) is 11.5 Å². The minimum Gasteiger partial charge on any atom is -0.486 e. The number of carbonyl (C=O) groups is 1. The fourth-order valence-corrected chi connectivity index (χ4v) is 4.51. The Hall–Kier alpha value is -2.92. The van der Waals surface area contributed by atoms with Gasteiger partial charge in [-0.2, -0.15) is 8.78 Å². The van der Waals surface area contributed by atoms with Gasteiger partial charge in [-0.15, -0.1) is 0 Å². The predicted molar refractivity (Wildman–Crippen MR) is 121 cm³/mol. The van der Waals surface area contributed by atoms with E-state index in [0.717, 1.165) is 0 Å². The summed E-state index contributed by atoms with van der Waals surface area (Å²) in [7, 11) is -3.68. The van der Waals surface area contributed by atoms with Gasteiger partial charge in [0.2, 0.25) is 15.9 Å². The van der Waals surface area contributed by atoms with E-state index >= 15 is 0 Å². The molecule has 1 heterocycles. The highest BCUT2D eigenvalue weighted by atomic mass is 32.2. The number of benzene rings is 2. The quantitative estimate of drug-likeness (QED) is 0.432. The maximum atomic E-state index is 12.5. The van der Waals surface area contributed by atoms with Crippen molar-refractivity contribution in [2.45, 2.75) is 50.2 Å². The van der Waals surface area contributed by atoms with Gasteiger partial charge in [0.1, 0.15) is 19.0 Å². The lowest BCUT2D eigenvalue weighted by Gasteiger charge is -2.18. The highest BCUT2D eigenvalue weighted by molar-refractivity contribution is 7.89. The summed E-state index contributed by atoms with van der Waals surface area (Å²) in [6.07, 6.45) is 2.08. The molecule has 0 bridgehead atoms. The van der Waals surface area contributed by atoms with Crippen molar-refractivity contribution in [2.75, 3.05) is 19.8 Å². The Bertz CT molecular complexity index is 1080. The lowest BCUT2D eigenvalue weighted by molar-refractivity contribution is -0.121. The molecule has 0 fully saturated rings. The molecule has 0 aliphatic carbocycles. The Morgan fingerprint density at radius 1 is 1.06 bits per heavy atom. The summed E-state index contributed by atoms with van der Waals surface area (Å²) in [5.74, 6) is 0.784. The Morgan fingerprint density at radius 2 is 1.82 bits per heavy atom. The third-order valence-corrected chi connectivity index (χ3v) is 6.62. The zero-order valence-corrected chi connectivity index (χ0v) is 19.6. The summed E-state index contributed by atoms with van der Waals surface area (Å²) in [5, 5.41) is 2.82. The van der Waals surface area contributed by atoms with Crippen molar-refractivity contribution in [3.05, 3.63) is 48.0 Å². The number of rotatable bonds is 12. The molecule has 0 aromatic heterocycles. The van der Waals surface area contributed by atoms with Gasteiger partial charge in [-0.25, -0.2) is 13.1 Å². The summed E-state index contributed by atoms with van der Waals surface area (Å²) in [6, 6.07) is 10.3. The molecule has 1 unspecified atom stereocenters. The second-order valence-electron chi connectivity index (χ2n) is 7.75. The van der Waals surface area contributed by atoms with Crippen LogP contribution in [0, 0.1) is 0 Å². The first-order valence-electron chi connectivity index (χ1n) is 11.0. The number of unbranched alkanes of at least 4 members (excludes halogenated alkanes) is 2. The number of sulfonamides is 1. The van der Waals surface area contributed by atoms with Crippen LogP contribution < -0.4 is 24.2 Å². The van der Waals surface area contributed by atoms with Gasteiger partial charge < -0.3 is 19.5 Å². The minimum atomic E-state index is -3.68. The van der Waals surface area contributed by atoms with Crippen LogP contribution in [0.3, 0.4) is 0 Å². The van der Waals surface area contributed by atoms with E-state index in [1.165, 1.54) is 24.3 Å². The first kappa shape index (κ1) is 25.7. The van der Waals surface area contributed by atoms with Crippen LogP contribution >= 0.6 is 0 Å². The van der Waals surface area contributed by atoms with Crippen molar-refractivity contribution < 1.29 is 36.2 Å². The van der Waals surface area contributed by atoms with E-state index in [1.807, 2.05) is 0 Å². The van der Waals surface area contributed by atoms with Gasteiger partial charge in [-0.1, -0.05) is 18.6 Å². The Balaban J connectivity index is 1.36. The molecule has 1 atom stereocenters. The van der Waals surface area contributed by atoms with E-state index in [0.29, 0.717) is 49.5 Å². The zero-order valence-electron chi connectivity index (χ0n) is 18.8.